The maximum atomic E-state index is 11.1. The Morgan fingerprint density at radius 1 is 1.18 bits per heavy atom. The largest absolute Gasteiger partial charge is 0.341 e. The van der Waals surface area contributed by atoms with Gasteiger partial charge in [0, 0.05) is 16.6 Å². The van der Waals surface area contributed by atoms with E-state index in [0.29, 0.717) is 5.82 Å². The molecule has 0 spiro atoms. The Morgan fingerprint density at radius 2 is 1.94 bits per heavy atom. The molecule has 1 aromatic heterocycles. The molecule has 1 heterocycles. The van der Waals surface area contributed by atoms with Gasteiger partial charge in [0.25, 0.3) is 5.56 Å². The molecule has 0 unspecified atom stereocenters. The molecule has 2 rings (SSSR count). The smallest absolute Gasteiger partial charge is 0.327 e. The van der Waals surface area contributed by atoms with Crippen LogP contribution in [0.1, 0.15) is 5.56 Å². The molecule has 17 heavy (non-hydrogen) atoms. The van der Waals surface area contributed by atoms with E-state index in [4.69, 9.17) is 0 Å². The molecule has 0 saturated carbocycles. The molecule has 5 nitrogen and oxygen atoms in total. The Bertz CT molecular complexity index is 632. The Labute approximate surface area is 102 Å². The second-order valence-electron chi connectivity index (χ2n) is 3.63. The first kappa shape index (κ1) is 11.5. The van der Waals surface area contributed by atoms with Crippen molar-refractivity contribution in [3.63, 3.8) is 0 Å². The third-order valence-electron chi connectivity index (χ3n) is 2.25. The predicted molar refractivity (Wildman–Crippen MR) is 69.4 cm³/mol. The molecule has 6 heteroatoms. The lowest BCUT2D eigenvalue weighted by molar-refractivity contribution is 1.04. The molecule has 88 valence electrons. The molecule has 0 aliphatic rings. The number of aryl methyl sites for hydroxylation is 1. The van der Waals surface area contributed by atoms with Crippen LogP contribution in [0.4, 0.5) is 11.5 Å². The van der Waals surface area contributed by atoms with E-state index in [1.54, 1.807) is 0 Å². The number of thiol groups is 1. The van der Waals surface area contributed by atoms with Gasteiger partial charge in [0.2, 0.25) is 0 Å². The summed E-state index contributed by atoms with van der Waals surface area (Å²) in [4.78, 5) is 27.6. The lowest BCUT2D eigenvalue weighted by Gasteiger charge is -2.07. The highest BCUT2D eigenvalue weighted by molar-refractivity contribution is 7.80. The Hall–Kier alpha value is -1.95. The van der Waals surface area contributed by atoms with E-state index in [-0.39, 0.29) is 0 Å². The molecule has 1 aromatic carbocycles. The predicted octanol–water partition coefficient (Wildman–Crippen LogP) is 1.40. The van der Waals surface area contributed by atoms with E-state index < -0.39 is 11.2 Å². The van der Waals surface area contributed by atoms with Crippen molar-refractivity contribution in [2.75, 3.05) is 5.32 Å². The molecule has 3 N–H and O–H groups in total. The first-order chi connectivity index (χ1) is 8.04. The maximum Gasteiger partial charge on any atom is 0.327 e. The van der Waals surface area contributed by atoms with Gasteiger partial charge >= 0.3 is 5.69 Å². The molecule has 0 aliphatic carbocycles. The fourth-order valence-electron chi connectivity index (χ4n) is 1.38. The Balaban J connectivity index is 2.34. The lowest BCUT2D eigenvalue weighted by atomic mass is 10.2. The molecule has 0 fully saturated rings. The average molecular weight is 249 g/mol. The van der Waals surface area contributed by atoms with E-state index >= 15 is 0 Å². The summed E-state index contributed by atoms with van der Waals surface area (Å²) in [5.74, 6) is 0.343. The number of benzene rings is 1. The number of hydrogen-bond donors (Lipinski definition) is 4. The second-order valence-corrected chi connectivity index (χ2v) is 4.11. The summed E-state index contributed by atoms with van der Waals surface area (Å²) in [5, 5.41) is 2.93. The molecule has 0 aliphatic heterocycles. The zero-order valence-electron chi connectivity index (χ0n) is 9.07. The summed E-state index contributed by atoms with van der Waals surface area (Å²) in [7, 11) is 0. The minimum absolute atomic E-state index is 0.343. The van der Waals surface area contributed by atoms with E-state index in [0.717, 1.165) is 16.1 Å². The van der Waals surface area contributed by atoms with E-state index in [1.807, 2.05) is 25.1 Å². The zero-order chi connectivity index (χ0) is 12.4. The standard InChI is InChI=1S/C11H11N3O2S/c1-6-2-3-7(4-8(6)17)12-9-5-10(15)14-11(16)13-9/h2-5,17H,1H3,(H3,12,13,14,15,16). The number of nitrogens with one attached hydrogen (secondary N) is 3. The van der Waals surface area contributed by atoms with Crippen LogP contribution >= 0.6 is 12.6 Å². The van der Waals surface area contributed by atoms with Crippen LogP contribution in [0.25, 0.3) is 0 Å². The SMILES string of the molecule is Cc1ccc(Nc2cc(=O)[nH]c(=O)[nH]2)cc1S. The van der Waals surface area contributed by atoms with Crippen molar-refractivity contribution in [3.05, 3.63) is 50.7 Å². The van der Waals surface area contributed by atoms with Crippen molar-refractivity contribution in [2.24, 2.45) is 0 Å². The number of aromatic nitrogens is 2. The summed E-state index contributed by atoms with van der Waals surface area (Å²) < 4.78 is 0. The van der Waals surface area contributed by atoms with Gasteiger partial charge in [-0.3, -0.25) is 14.8 Å². The van der Waals surface area contributed by atoms with E-state index in [1.165, 1.54) is 6.07 Å². The van der Waals surface area contributed by atoms with Crippen LogP contribution in [0.15, 0.2) is 38.8 Å². The Morgan fingerprint density at radius 3 is 2.59 bits per heavy atom. The minimum atomic E-state index is -0.543. The molecule has 0 atom stereocenters. The van der Waals surface area contributed by atoms with Gasteiger partial charge < -0.3 is 5.32 Å². The highest BCUT2D eigenvalue weighted by Crippen LogP contribution is 2.20. The van der Waals surface area contributed by atoms with Gasteiger partial charge in [-0.2, -0.15) is 0 Å². The number of aromatic amines is 2. The molecular formula is C11H11N3O2S. The quantitative estimate of drug-likeness (QED) is 0.608. The average Bonchev–Trinajstić information content (AvgIpc) is 2.22. The van der Waals surface area contributed by atoms with Gasteiger partial charge in [0.15, 0.2) is 0 Å². The minimum Gasteiger partial charge on any atom is -0.341 e. The fraction of sp³-hybridized carbons (Fsp3) is 0.0909. The first-order valence-electron chi connectivity index (χ1n) is 4.95. The van der Waals surface area contributed by atoms with Gasteiger partial charge in [0.1, 0.15) is 5.82 Å². The van der Waals surface area contributed by atoms with Crippen LogP contribution in [0.2, 0.25) is 0 Å². The summed E-state index contributed by atoms with van der Waals surface area (Å²) in [6, 6.07) is 6.84. The van der Waals surface area contributed by atoms with Gasteiger partial charge in [-0.15, -0.1) is 12.6 Å². The van der Waals surface area contributed by atoms with Gasteiger partial charge in [-0.05, 0) is 24.6 Å². The normalized spacial score (nSPS) is 10.2. The molecular weight excluding hydrogens is 238 g/mol. The van der Waals surface area contributed by atoms with Crippen LogP contribution in [-0.4, -0.2) is 9.97 Å². The topological polar surface area (TPSA) is 77.8 Å². The van der Waals surface area contributed by atoms with Crippen LogP contribution < -0.4 is 16.6 Å². The number of H-pyrrole nitrogens is 2. The molecule has 0 radical (unpaired) electrons. The highest BCUT2D eigenvalue weighted by atomic mass is 32.1. The van der Waals surface area contributed by atoms with Crippen LogP contribution in [0.3, 0.4) is 0 Å². The van der Waals surface area contributed by atoms with Crippen molar-refractivity contribution < 1.29 is 0 Å². The van der Waals surface area contributed by atoms with Crippen molar-refractivity contribution in [2.45, 2.75) is 11.8 Å². The fourth-order valence-corrected chi connectivity index (χ4v) is 1.59. The molecule has 2 aromatic rings. The monoisotopic (exact) mass is 249 g/mol. The highest BCUT2D eigenvalue weighted by Gasteiger charge is 1.99. The second kappa shape index (κ2) is 4.50. The third-order valence-corrected chi connectivity index (χ3v) is 2.73. The lowest BCUT2D eigenvalue weighted by Crippen LogP contribution is -2.22. The molecule has 0 bridgehead atoms. The summed E-state index contributed by atoms with van der Waals surface area (Å²) in [5.41, 5.74) is 0.813. The van der Waals surface area contributed by atoms with Crippen molar-refractivity contribution in [1.29, 1.82) is 0 Å². The summed E-state index contributed by atoms with van der Waals surface area (Å²) in [6.45, 7) is 1.95. The van der Waals surface area contributed by atoms with Crippen molar-refractivity contribution >= 4 is 24.1 Å². The number of anilines is 2. The van der Waals surface area contributed by atoms with Crippen molar-refractivity contribution in [3.8, 4) is 0 Å². The van der Waals surface area contributed by atoms with Gasteiger partial charge in [-0.25, -0.2) is 4.79 Å². The van der Waals surface area contributed by atoms with E-state index in [2.05, 4.69) is 27.9 Å². The summed E-state index contributed by atoms with van der Waals surface area (Å²) in [6.07, 6.45) is 0. The first-order valence-corrected chi connectivity index (χ1v) is 5.39. The molecule has 0 saturated heterocycles. The van der Waals surface area contributed by atoms with Crippen LogP contribution in [0, 0.1) is 6.92 Å². The zero-order valence-corrected chi connectivity index (χ0v) is 9.97. The number of rotatable bonds is 2. The van der Waals surface area contributed by atoms with Crippen LogP contribution in [-0.2, 0) is 0 Å². The van der Waals surface area contributed by atoms with E-state index in [9.17, 15) is 9.59 Å². The Kier molecular flexibility index (Phi) is 3.06. The third kappa shape index (κ3) is 2.79. The maximum absolute atomic E-state index is 11.1. The number of hydrogen-bond acceptors (Lipinski definition) is 4. The molecule has 0 amide bonds. The summed E-state index contributed by atoms with van der Waals surface area (Å²) >= 11 is 4.29. The van der Waals surface area contributed by atoms with Gasteiger partial charge in [0.05, 0.1) is 0 Å². The van der Waals surface area contributed by atoms with Crippen molar-refractivity contribution in [1.82, 2.24) is 9.97 Å². The van der Waals surface area contributed by atoms with Crippen LogP contribution in [0.5, 0.6) is 0 Å². The van der Waals surface area contributed by atoms with Gasteiger partial charge in [-0.1, -0.05) is 6.07 Å².